The molecule has 1 aromatic carbocycles. The second kappa shape index (κ2) is 5.78. The highest BCUT2D eigenvalue weighted by Crippen LogP contribution is 2.18. The number of benzene rings is 1. The molecular formula is C14H20N4. The molecule has 0 aliphatic heterocycles. The van der Waals surface area contributed by atoms with E-state index in [9.17, 15) is 0 Å². The maximum Gasteiger partial charge on any atom is 0.138 e. The van der Waals surface area contributed by atoms with E-state index in [2.05, 4.69) is 53.5 Å². The van der Waals surface area contributed by atoms with Crippen LogP contribution in [0.2, 0.25) is 0 Å². The molecule has 18 heavy (non-hydrogen) atoms. The SMILES string of the molecule is CCNC(Cc1ncnn1C)c1cccc(C)c1. The van der Waals surface area contributed by atoms with Crippen LogP contribution in [0.25, 0.3) is 0 Å². The third-order valence-electron chi connectivity index (χ3n) is 3.09. The minimum absolute atomic E-state index is 0.290. The third kappa shape index (κ3) is 2.96. The lowest BCUT2D eigenvalue weighted by atomic mass is 10.0. The summed E-state index contributed by atoms with van der Waals surface area (Å²) in [5.74, 6) is 1.00. The van der Waals surface area contributed by atoms with Crippen molar-refractivity contribution in [1.82, 2.24) is 20.1 Å². The van der Waals surface area contributed by atoms with Crippen molar-refractivity contribution in [3.63, 3.8) is 0 Å². The number of likely N-dealkylation sites (N-methyl/N-ethyl adjacent to an activating group) is 1. The predicted molar refractivity (Wildman–Crippen MR) is 72.3 cm³/mol. The van der Waals surface area contributed by atoms with Crippen LogP contribution < -0.4 is 5.32 Å². The fourth-order valence-electron chi connectivity index (χ4n) is 2.13. The van der Waals surface area contributed by atoms with Crippen LogP contribution in [0.5, 0.6) is 0 Å². The molecule has 0 radical (unpaired) electrons. The van der Waals surface area contributed by atoms with E-state index in [1.165, 1.54) is 11.1 Å². The van der Waals surface area contributed by atoms with Gasteiger partial charge in [-0.05, 0) is 19.0 Å². The average Bonchev–Trinajstić information content (AvgIpc) is 2.74. The van der Waals surface area contributed by atoms with Gasteiger partial charge in [0.1, 0.15) is 12.2 Å². The summed E-state index contributed by atoms with van der Waals surface area (Å²) in [5.41, 5.74) is 2.59. The van der Waals surface area contributed by atoms with Crippen LogP contribution in [0.3, 0.4) is 0 Å². The minimum Gasteiger partial charge on any atom is -0.310 e. The lowest BCUT2D eigenvalue weighted by Crippen LogP contribution is -2.24. The predicted octanol–water partition coefficient (Wildman–Crippen LogP) is 2.02. The lowest BCUT2D eigenvalue weighted by Gasteiger charge is -2.18. The Bertz CT molecular complexity index is 504. The Morgan fingerprint density at radius 1 is 1.39 bits per heavy atom. The van der Waals surface area contributed by atoms with Gasteiger partial charge >= 0.3 is 0 Å². The zero-order chi connectivity index (χ0) is 13.0. The Labute approximate surface area is 108 Å². The second-order valence-corrected chi connectivity index (χ2v) is 4.53. The monoisotopic (exact) mass is 244 g/mol. The highest BCUT2D eigenvalue weighted by Gasteiger charge is 2.14. The van der Waals surface area contributed by atoms with Crippen molar-refractivity contribution in [1.29, 1.82) is 0 Å². The van der Waals surface area contributed by atoms with E-state index in [0.717, 1.165) is 18.8 Å². The van der Waals surface area contributed by atoms with Gasteiger partial charge in [-0.3, -0.25) is 4.68 Å². The van der Waals surface area contributed by atoms with Gasteiger partial charge in [0.05, 0.1) is 0 Å². The molecule has 0 aliphatic carbocycles. The Kier molecular flexibility index (Phi) is 4.10. The molecule has 2 aromatic rings. The van der Waals surface area contributed by atoms with Crippen LogP contribution in [-0.4, -0.2) is 21.3 Å². The molecule has 96 valence electrons. The first-order chi connectivity index (χ1) is 8.70. The maximum atomic E-state index is 4.30. The summed E-state index contributed by atoms with van der Waals surface area (Å²) in [6.07, 6.45) is 2.46. The first kappa shape index (κ1) is 12.8. The molecule has 1 unspecified atom stereocenters. The third-order valence-corrected chi connectivity index (χ3v) is 3.09. The molecule has 0 bridgehead atoms. The van der Waals surface area contributed by atoms with Crippen LogP contribution in [0.15, 0.2) is 30.6 Å². The number of aromatic nitrogens is 3. The van der Waals surface area contributed by atoms with Gasteiger partial charge < -0.3 is 5.32 Å². The number of hydrogen-bond acceptors (Lipinski definition) is 3. The van der Waals surface area contributed by atoms with Crippen LogP contribution in [0, 0.1) is 6.92 Å². The summed E-state index contributed by atoms with van der Waals surface area (Å²) in [5, 5.41) is 7.63. The van der Waals surface area contributed by atoms with Gasteiger partial charge in [0.25, 0.3) is 0 Å². The molecule has 0 amide bonds. The topological polar surface area (TPSA) is 42.7 Å². The quantitative estimate of drug-likeness (QED) is 0.875. The van der Waals surface area contributed by atoms with Gasteiger partial charge in [-0.1, -0.05) is 36.8 Å². The lowest BCUT2D eigenvalue weighted by molar-refractivity contribution is 0.522. The second-order valence-electron chi connectivity index (χ2n) is 4.53. The fourth-order valence-corrected chi connectivity index (χ4v) is 2.13. The normalized spacial score (nSPS) is 12.6. The van der Waals surface area contributed by atoms with E-state index >= 15 is 0 Å². The number of hydrogen-bond donors (Lipinski definition) is 1. The van der Waals surface area contributed by atoms with Gasteiger partial charge in [0.15, 0.2) is 0 Å². The van der Waals surface area contributed by atoms with Crippen molar-refractivity contribution in [2.75, 3.05) is 6.54 Å². The molecule has 1 aromatic heterocycles. The molecule has 1 heterocycles. The van der Waals surface area contributed by atoms with E-state index in [1.807, 2.05) is 11.7 Å². The Balaban J connectivity index is 2.20. The van der Waals surface area contributed by atoms with Gasteiger partial charge in [0, 0.05) is 19.5 Å². The first-order valence-electron chi connectivity index (χ1n) is 6.33. The van der Waals surface area contributed by atoms with Crippen molar-refractivity contribution >= 4 is 0 Å². The zero-order valence-corrected chi connectivity index (χ0v) is 11.2. The molecule has 0 aliphatic rings. The smallest absolute Gasteiger partial charge is 0.138 e. The Morgan fingerprint density at radius 2 is 2.22 bits per heavy atom. The van der Waals surface area contributed by atoms with Crippen LogP contribution in [0.4, 0.5) is 0 Å². The zero-order valence-electron chi connectivity index (χ0n) is 11.2. The molecule has 4 nitrogen and oxygen atoms in total. The van der Waals surface area contributed by atoms with Gasteiger partial charge in [0.2, 0.25) is 0 Å². The molecule has 2 rings (SSSR count). The van der Waals surface area contributed by atoms with Crippen molar-refractivity contribution in [2.45, 2.75) is 26.3 Å². The first-order valence-corrected chi connectivity index (χ1v) is 6.33. The number of aryl methyl sites for hydroxylation is 2. The van der Waals surface area contributed by atoms with Crippen molar-refractivity contribution in [3.05, 3.63) is 47.5 Å². The summed E-state index contributed by atoms with van der Waals surface area (Å²) in [6.45, 7) is 5.19. The number of nitrogens with one attached hydrogen (secondary N) is 1. The summed E-state index contributed by atoms with van der Waals surface area (Å²) in [4.78, 5) is 4.30. The summed E-state index contributed by atoms with van der Waals surface area (Å²) in [7, 11) is 1.93. The molecule has 0 saturated heterocycles. The van der Waals surface area contributed by atoms with E-state index in [0.29, 0.717) is 0 Å². The van der Waals surface area contributed by atoms with Crippen LogP contribution in [-0.2, 0) is 13.5 Å². The Morgan fingerprint density at radius 3 is 2.83 bits per heavy atom. The van der Waals surface area contributed by atoms with E-state index < -0.39 is 0 Å². The van der Waals surface area contributed by atoms with E-state index in [4.69, 9.17) is 0 Å². The summed E-state index contributed by atoms with van der Waals surface area (Å²) < 4.78 is 1.83. The number of nitrogens with zero attached hydrogens (tertiary/aromatic N) is 3. The van der Waals surface area contributed by atoms with E-state index in [1.54, 1.807) is 6.33 Å². The fraction of sp³-hybridized carbons (Fsp3) is 0.429. The molecule has 1 N–H and O–H groups in total. The van der Waals surface area contributed by atoms with Crippen molar-refractivity contribution < 1.29 is 0 Å². The van der Waals surface area contributed by atoms with Crippen LogP contribution in [0.1, 0.15) is 29.9 Å². The largest absolute Gasteiger partial charge is 0.310 e. The van der Waals surface area contributed by atoms with E-state index in [-0.39, 0.29) is 6.04 Å². The molecule has 0 saturated carbocycles. The summed E-state index contributed by atoms with van der Waals surface area (Å²) >= 11 is 0. The van der Waals surface area contributed by atoms with Crippen LogP contribution >= 0.6 is 0 Å². The van der Waals surface area contributed by atoms with Crippen molar-refractivity contribution in [2.24, 2.45) is 7.05 Å². The standard InChI is InChI=1S/C14H20N4/c1-4-15-13(9-14-16-10-17-18(14)3)12-7-5-6-11(2)8-12/h5-8,10,13,15H,4,9H2,1-3H3. The van der Waals surface area contributed by atoms with Gasteiger partial charge in [-0.15, -0.1) is 0 Å². The van der Waals surface area contributed by atoms with Gasteiger partial charge in [-0.2, -0.15) is 5.10 Å². The molecule has 4 heteroatoms. The summed E-state index contributed by atoms with van der Waals surface area (Å²) in [6, 6.07) is 8.90. The molecule has 0 fully saturated rings. The molecule has 0 spiro atoms. The highest BCUT2D eigenvalue weighted by atomic mass is 15.3. The van der Waals surface area contributed by atoms with Crippen molar-refractivity contribution in [3.8, 4) is 0 Å². The Hall–Kier alpha value is -1.68. The van der Waals surface area contributed by atoms with Gasteiger partial charge in [-0.25, -0.2) is 4.98 Å². The maximum absolute atomic E-state index is 4.30. The highest BCUT2D eigenvalue weighted by molar-refractivity contribution is 5.25. The number of rotatable bonds is 5. The minimum atomic E-state index is 0.290. The molecule has 1 atom stereocenters. The molecular weight excluding hydrogens is 224 g/mol. The average molecular weight is 244 g/mol.